The smallest absolute Gasteiger partial charge is 0.253 e. The number of aliphatic hydroxyl groups excluding tert-OH is 2. The number of piperidine rings is 1. The Bertz CT molecular complexity index is 643. The molecule has 0 aliphatic carbocycles. The SMILES string of the molecule is COc1ccc(C(=O)N2C[C@@H](CO)[C@@H](CN3CCC(CO)CC3)C2)cc1C. The van der Waals surface area contributed by atoms with Crippen LogP contribution in [0.4, 0.5) is 0 Å². The number of benzene rings is 1. The van der Waals surface area contributed by atoms with Gasteiger partial charge in [0.2, 0.25) is 0 Å². The number of hydrogen-bond acceptors (Lipinski definition) is 5. The van der Waals surface area contributed by atoms with Gasteiger partial charge in [-0.25, -0.2) is 0 Å². The van der Waals surface area contributed by atoms with Crippen LogP contribution < -0.4 is 4.74 Å². The van der Waals surface area contributed by atoms with Crippen molar-refractivity contribution in [3.05, 3.63) is 29.3 Å². The van der Waals surface area contributed by atoms with E-state index in [0.29, 0.717) is 30.5 Å². The summed E-state index contributed by atoms with van der Waals surface area (Å²) >= 11 is 0. The van der Waals surface area contributed by atoms with Gasteiger partial charge in [-0.15, -0.1) is 0 Å². The molecule has 0 radical (unpaired) electrons. The number of likely N-dealkylation sites (tertiary alicyclic amines) is 2. The topological polar surface area (TPSA) is 73.2 Å². The van der Waals surface area contributed by atoms with Crippen LogP contribution in [-0.2, 0) is 0 Å². The van der Waals surface area contributed by atoms with Crippen LogP contribution in [0.25, 0.3) is 0 Å². The van der Waals surface area contributed by atoms with Crippen LogP contribution in [0.15, 0.2) is 18.2 Å². The van der Waals surface area contributed by atoms with Crippen molar-refractivity contribution in [3.8, 4) is 5.75 Å². The molecular weight excluding hydrogens is 344 g/mol. The number of hydrogen-bond donors (Lipinski definition) is 2. The van der Waals surface area contributed by atoms with E-state index in [-0.39, 0.29) is 25.0 Å². The van der Waals surface area contributed by atoms with Gasteiger partial charge in [-0.05, 0) is 68.5 Å². The van der Waals surface area contributed by atoms with Crippen LogP contribution in [0.3, 0.4) is 0 Å². The molecule has 2 atom stereocenters. The lowest BCUT2D eigenvalue weighted by Gasteiger charge is -2.33. The van der Waals surface area contributed by atoms with Gasteiger partial charge >= 0.3 is 0 Å². The quantitative estimate of drug-likeness (QED) is 0.785. The van der Waals surface area contributed by atoms with E-state index >= 15 is 0 Å². The third kappa shape index (κ3) is 4.62. The third-order valence-electron chi connectivity index (χ3n) is 6.20. The minimum absolute atomic E-state index is 0.0284. The lowest BCUT2D eigenvalue weighted by atomic mass is 9.93. The first-order valence-electron chi connectivity index (χ1n) is 9.93. The first-order valence-corrected chi connectivity index (χ1v) is 9.93. The number of aryl methyl sites for hydroxylation is 1. The molecule has 2 N–H and O–H groups in total. The van der Waals surface area contributed by atoms with E-state index in [1.54, 1.807) is 7.11 Å². The first-order chi connectivity index (χ1) is 13.0. The van der Waals surface area contributed by atoms with Crippen molar-refractivity contribution in [3.63, 3.8) is 0 Å². The van der Waals surface area contributed by atoms with E-state index in [4.69, 9.17) is 4.74 Å². The van der Waals surface area contributed by atoms with Crippen molar-refractivity contribution < 1.29 is 19.7 Å². The maximum atomic E-state index is 12.9. The maximum absolute atomic E-state index is 12.9. The van der Waals surface area contributed by atoms with Crippen LogP contribution in [0, 0.1) is 24.7 Å². The Balaban J connectivity index is 1.61. The lowest BCUT2D eigenvalue weighted by molar-refractivity contribution is 0.0776. The molecule has 6 heteroatoms. The summed E-state index contributed by atoms with van der Waals surface area (Å²) in [5.41, 5.74) is 1.62. The molecule has 2 saturated heterocycles. The van der Waals surface area contributed by atoms with Crippen LogP contribution in [0.5, 0.6) is 5.75 Å². The van der Waals surface area contributed by atoms with E-state index in [0.717, 1.165) is 43.8 Å². The van der Waals surface area contributed by atoms with Gasteiger partial charge in [0.05, 0.1) is 7.11 Å². The minimum Gasteiger partial charge on any atom is -0.496 e. The monoisotopic (exact) mass is 376 g/mol. The highest BCUT2D eigenvalue weighted by Crippen LogP contribution is 2.28. The summed E-state index contributed by atoms with van der Waals surface area (Å²) < 4.78 is 5.28. The standard InChI is InChI=1S/C21H32N2O4/c1-15-9-17(3-4-20(15)27-2)21(26)23-11-18(19(12-23)14-25)10-22-7-5-16(13-24)6-8-22/h3-4,9,16,18-19,24-25H,5-8,10-14H2,1-2H3/t18-,19-/m0/s1. The molecule has 27 heavy (non-hydrogen) atoms. The molecule has 1 aromatic carbocycles. The number of ether oxygens (including phenoxy) is 1. The van der Waals surface area contributed by atoms with Crippen molar-refractivity contribution in [2.75, 3.05) is 53.0 Å². The highest BCUT2D eigenvalue weighted by molar-refractivity contribution is 5.94. The predicted octanol–water partition coefficient (Wildman–Crippen LogP) is 1.39. The maximum Gasteiger partial charge on any atom is 0.253 e. The van der Waals surface area contributed by atoms with Crippen molar-refractivity contribution in [1.82, 2.24) is 9.80 Å². The van der Waals surface area contributed by atoms with Gasteiger partial charge < -0.3 is 24.7 Å². The molecule has 0 unspecified atom stereocenters. The Hall–Kier alpha value is -1.63. The Morgan fingerprint density at radius 1 is 1.15 bits per heavy atom. The molecular formula is C21H32N2O4. The number of methoxy groups -OCH3 is 1. The molecule has 0 saturated carbocycles. The van der Waals surface area contributed by atoms with Crippen LogP contribution in [-0.4, -0.2) is 79.0 Å². The number of amides is 1. The molecule has 3 rings (SSSR count). The summed E-state index contributed by atoms with van der Waals surface area (Å²) in [6.45, 7) is 6.53. The van der Waals surface area contributed by atoms with Gasteiger partial charge in [0.1, 0.15) is 5.75 Å². The van der Waals surface area contributed by atoms with E-state index in [2.05, 4.69) is 4.90 Å². The van der Waals surface area contributed by atoms with E-state index in [1.807, 2.05) is 30.0 Å². The Labute approximate surface area is 161 Å². The average molecular weight is 376 g/mol. The Kier molecular flexibility index (Phi) is 6.73. The number of rotatable bonds is 6. The zero-order valence-electron chi connectivity index (χ0n) is 16.4. The summed E-state index contributed by atoms with van der Waals surface area (Å²) in [5, 5.41) is 19.1. The number of carbonyl (C=O) groups is 1. The minimum atomic E-state index is 0.0284. The first kappa shape index (κ1) is 20.1. The fraction of sp³-hybridized carbons (Fsp3) is 0.667. The Morgan fingerprint density at radius 3 is 2.44 bits per heavy atom. The van der Waals surface area contributed by atoms with Crippen molar-refractivity contribution in [1.29, 1.82) is 0 Å². The van der Waals surface area contributed by atoms with Crippen LogP contribution in [0.1, 0.15) is 28.8 Å². The lowest BCUT2D eigenvalue weighted by Crippen LogP contribution is -2.40. The van der Waals surface area contributed by atoms with Gasteiger partial charge in [-0.3, -0.25) is 4.79 Å². The number of nitrogens with zero attached hydrogens (tertiary/aromatic N) is 2. The molecule has 1 amide bonds. The van der Waals surface area contributed by atoms with Crippen molar-refractivity contribution in [2.24, 2.45) is 17.8 Å². The van der Waals surface area contributed by atoms with Crippen molar-refractivity contribution in [2.45, 2.75) is 19.8 Å². The van der Waals surface area contributed by atoms with Crippen LogP contribution in [0.2, 0.25) is 0 Å². The molecule has 2 fully saturated rings. The summed E-state index contributed by atoms with van der Waals surface area (Å²) in [4.78, 5) is 17.2. The summed E-state index contributed by atoms with van der Waals surface area (Å²) in [5.74, 6) is 1.66. The second-order valence-electron chi connectivity index (χ2n) is 8.02. The van der Waals surface area contributed by atoms with Gasteiger partial charge in [-0.2, -0.15) is 0 Å². The predicted molar refractivity (Wildman–Crippen MR) is 104 cm³/mol. The molecule has 0 spiro atoms. The van der Waals surface area contributed by atoms with E-state index in [9.17, 15) is 15.0 Å². The Morgan fingerprint density at radius 2 is 1.85 bits per heavy atom. The summed E-state index contributed by atoms with van der Waals surface area (Å²) in [6.07, 6.45) is 2.06. The van der Waals surface area contributed by atoms with Gasteiger partial charge in [-0.1, -0.05) is 0 Å². The second kappa shape index (κ2) is 9.04. The number of aliphatic hydroxyl groups is 2. The van der Waals surface area contributed by atoms with Gasteiger partial charge in [0.25, 0.3) is 5.91 Å². The van der Waals surface area contributed by atoms with Gasteiger partial charge in [0.15, 0.2) is 0 Å². The zero-order chi connectivity index (χ0) is 19.4. The molecule has 150 valence electrons. The highest BCUT2D eigenvalue weighted by Gasteiger charge is 2.36. The molecule has 2 heterocycles. The fourth-order valence-corrected chi connectivity index (χ4v) is 4.40. The summed E-state index contributed by atoms with van der Waals surface area (Å²) in [6, 6.07) is 5.53. The molecule has 6 nitrogen and oxygen atoms in total. The normalized spacial score (nSPS) is 24.4. The van der Waals surface area contributed by atoms with Crippen LogP contribution >= 0.6 is 0 Å². The average Bonchev–Trinajstić information content (AvgIpc) is 3.10. The molecule has 2 aliphatic rings. The molecule has 1 aromatic rings. The highest BCUT2D eigenvalue weighted by atomic mass is 16.5. The van der Waals surface area contributed by atoms with E-state index < -0.39 is 0 Å². The second-order valence-corrected chi connectivity index (χ2v) is 8.02. The van der Waals surface area contributed by atoms with E-state index in [1.165, 1.54) is 0 Å². The third-order valence-corrected chi connectivity index (χ3v) is 6.20. The fourth-order valence-electron chi connectivity index (χ4n) is 4.40. The molecule has 0 bridgehead atoms. The largest absolute Gasteiger partial charge is 0.496 e. The summed E-state index contributed by atoms with van der Waals surface area (Å²) in [7, 11) is 1.63. The molecule has 2 aliphatic heterocycles. The molecule has 0 aromatic heterocycles. The number of carbonyl (C=O) groups excluding carboxylic acids is 1. The van der Waals surface area contributed by atoms with Crippen molar-refractivity contribution >= 4 is 5.91 Å². The van der Waals surface area contributed by atoms with Gasteiger partial charge in [0, 0.05) is 44.3 Å². The zero-order valence-corrected chi connectivity index (χ0v) is 16.4.